The Morgan fingerprint density at radius 2 is 1.72 bits per heavy atom. The van der Waals surface area contributed by atoms with Gasteiger partial charge < -0.3 is 19.3 Å². The molecule has 0 atom stereocenters. The number of benzene rings is 2. The summed E-state index contributed by atoms with van der Waals surface area (Å²) in [5.41, 5.74) is 1.35. The van der Waals surface area contributed by atoms with Crippen molar-refractivity contribution >= 4 is 28.9 Å². The number of thiazole rings is 1. The summed E-state index contributed by atoms with van der Waals surface area (Å²) >= 11 is 0.934. The molecule has 0 amide bonds. The summed E-state index contributed by atoms with van der Waals surface area (Å²) in [7, 11) is 4.68. The zero-order valence-corrected chi connectivity index (χ0v) is 16.7. The van der Waals surface area contributed by atoms with Gasteiger partial charge in [-0.05, 0) is 29.5 Å². The molecule has 0 bridgehead atoms. The van der Waals surface area contributed by atoms with Crippen molar-refractivity contribution in [3.05, 3.63) is 61.0 Å². The molecule has 0 radical (unpaired) electrons. The first-order valence-electron chi connectivity index (χ1n) is 8.54. The molecular weight excluding hydrogens is 394 g/mol. The molecule has 9 heteroatoms. The van der Waals surface area contributed by atoms with E-state index in [0.717, 1.165) is 16.6 Å². The van der Waals surface area contributed by atoms with Gasteiger partial charge in [0.25, 0.3) is 0 Å². The van der Waals surface area contributed by atoms with Crippen LogP contribution in [0, 0.1) is 0 Å². The molecule has 8 nitrogen and oxygen atoms in total. The van der Waals surface area contributed by atoms with Crippen LogP contribution >= 0.6 is 11.3 Å². The van der Waals surface area contributed by atoms with E-state index in [4.69, 9.17) is 14.2 Å². The summed E-state index contributed by atoms with van der Waals surface area (Å²) in [4.78, 5) is 23.1. The molecule has 0 unspecified atom stereocenters. The second-order valence-electron chi connectivity index (χ2n) is 6.07. The molecule has 0 saturated heterocycles. The number of methoxy groups -OCH3 is 3. The van der Waals surface area contributed by atoms with Crippen LogP contribution in [0.2, 0.25) is 0 Å². The minimum absolute atomic E-state index is 0.149. The van der Waals surface area contributed by atoms with Crippen molar-refractivity contribution in [1.82, 2.24) is 4.98 Å². The molecule has 0 saturated carbocycles. The Hall–Kier alpha value is -3.59. The van der Waals surface area contributed by atoms with Crippen LogP contribution in [-0.4, -0.2) is 37.3 Å². The van der Waals surface area contributed by atoms with E-state index in [-0.39, 0.29) is 10.8 Å². The van der Waals surface area contributed by atoms with Crippen LogP contribution in [0.5, 0.6) is 23.1 Å². The fourth-order valence-corrected chi connectivity index (χ4v) is 3.66. The van der Waals surface area contributed by atoms with Crippen molar-refractivity contribution in [2.75, 3.05) is 21.3 Å². The number of amidine groups is 1. The van der Waals surface area contributed by atoms with Crippen LogP contribution in [0.4, 0.5) is 5.69 Å². The average Bonchev–Trinajstić information content (AvgIpc) is 3.28. The topological polar surface area (TPSA) is 106 Å². The third-order valence-electron chi connectivity index (χ3n) is 4.35. The molecule has 1 aliphatic rings. The second kappa shape index (κ2) is 7.44. The minimum Gasteiger partial charge on any atom is -0.496 e. The number of nitrogens with zero attached hydrogens (tertiary/aromatic N) is 2. The summed E-state index contributed by atoms with van der Waals surface area (Å²) in [6, 6.07) is 9.01. The molecule has 148 valence electrons. The van der Waals surface area contributed by atoms with Gasteiger partial charge in [0.15, 0.2) is 17.3 Å². The van der Waals surface area contributed by atoms with Crippen LogP contribution in [0.3, 0.4) is 0 Å². The van der Waals surface area contributed by atoms with Gasteiger partial charge >= 0.3 is 4.87 Å². The maximum atomic E-state index is 11.4. The smallest absolute Gasteiger partial charge is 0.307 e. The van der Waals surface area contributed by atoms with E-state index < -0.39 is 0 Å². The van der Waals surface area contributed by atoms with Gasteiger partial charge in [0.05, 0.1) is 42.8 Å². The minimum atomic E-state index is -0.314. The van der Waals surface area contributed by atoms with Gasteiger partial charge in [-0.15, -0.1) is 0 Å². The van der Waals surface area contributed by atoms with Crippen molar-refractivity contribution in [2.45, 2.75) is 0 Å². The first kappa shape index (κ1) is 18.8. The van der Waals surface area contributed by atoms with Crippen LogP contribution in [0.15, 0.2) is 45.1 Å². The Morgan fingerprint density at radius 3 is 2.38 bits per heavy atom. The SMILES string of the molecule is COc1cc(OC)c(C2=Nc3c/c(=C/c4sc(=O)[nH]c4O)ccc3=N2)cc1OC. The average molecular weight is 411 g/mol. The second-order valence-corrected chi connectivity index (χ2v) is 7.09. The van der Waals surface area contributed by atoms with Gasteiger partial charge in [0, 0.05) is 6.07 Å². The zero-order valence-electron chi connectivity index (χ0n) is 15.8. The largest absolute Gasteiger partial charge is 0.496 e. The normalized spacial score (nSPS) is 12.9. The van der Waals surface area contributed by atoms with E-state index in [2.05, 4.69) is 15.0 Å². The van der Waals surface area contributed by atoms with Crippen LogP contribution < -0.4 is 29.7 Å². The summed E-state index contributed by atoms with van der Waals surface area (Å²) in [5, 5.41) is 11.3. The highest BCUT2D eigenvalue weighted by atomic mass is 32.1. The maximum Gasteiger partial charge on any atom is 0.307 e. The molecule has 29 heavy (non-hydrogen) atoms. The van der Waals surface area contributed by atoms with E-state index in [0.29, 0.717) is 44.6 Å². The predicted molar refractivity (Wildman–Crippen MR) is 110 cm³/mol. The number of aromatic hydroxyl groups is 1. The zero-order chi connectivity index (χ0) is 20.5. The van der Waals surface area contributed by atoms with Crippen molar-refractivity contribution in [3.63, 3.8) is 0 Å². The number of nitrogens with one attached hydrogen (secondary N) is 1. The van der Waals surface area contributed by atoms with E-state index in [1.807, 2.05) is 18.2 Å². The molecule has 2 heterocycles. The Bertz CT molecular complexity index is 1310. The summed E-state index contributed by atoms with van der Waals surface area (Å²) in [6.07, 6.45) is 1.71. The first-order chi connectivity index (χ1) is 14.0. The lowest BCUT2D eigenvalue weighted by Gasteiger charge is -2.13. The Kier molecular flexibility index (Phi) is 4.81. The van der Waals surface area contributed by atoms with Gasteiger partial charge in [-0.1, -0.05) is 17.4 Å². The van der Waals surface area contributed by atoms with E-state index in [1.54, 1.807) is 39.5 Å². The van der Waals surface area contributed by atoms with Gasteiger partial charge in [-0.25, -0.2) is 9.98 Å². The number of hydrogen-bond acceptors (Lipinski definition) is 8. The third kappa shape index (κ3) is 3.47. The molecule has 2 aromatic carbocycles. The van der Waals surface area contributed by atoms with E-state index in [1.165, 1.54) is 0 Å². The Labute approximate surface area is 169 Å². The monoisotopic (exact) mass is 411 g/mol. The molecule has 4 rings (SSSR count). The van der Waals surface area contributed by atoms with Gasteiger partial charge in [-0.3, -0.25) is 9.78 Å². The van der Waals surface area contributed by atoms with Crippen molar-refractivity contribution in [2.24, 2.45) is 9.98 Å². The third-order valence-corrected chi connectivity index (χ3v) is 5.17. The molecule has 0 fully saturated rings. The Morgan fingerprint density at radius 1 is 1.00 bits per heavy atom. The lowest BCUT2D eigenvalue weighted by Crippen LogP contribution is -2.07. The molecule has 2 N–H and O–H groups in total. The summed E-state index contributed by atoms with van der Waals surface area (Å²) in [6.45, 7) is 0. The predicted octanol–water partition coefficient (Wildman–Crippen LogP) is 1.71. The highest BCUT2D eigenvalue weighted by molar-refractivity contribution is 7.10. The highest BCUT2D eigenvalue weighted by Gasteiger charge is 2.19. The fourth-order valence-electron chi connectivity index (χ4n) is 2.97. The van der Waals surface area contributed by atoms with Gasteiger partial charge in [0.1, 0.15) is 5.75 Å². The molecule has 1 aromatic heterocycles. The summed E-state index contributed by atoms with van der Waals surface area (Å²) in [5.74, 6) is 2.00. The number of hydrogen-bond donors (Lipinski definition) is 2. The standard InChI is InChI=1S/C20H17N3O5S/c1-26-14-9-16(28-3)15(27-2)8-11(14)18-21-12-5-4-10(6-13(12)22-18)7-17-19(24)23-20(25)29-17/h4-9,24H,1-3H3,(H,23,25)/b10-7+. The lowest BCUT2D eigenvalue weighted by atomic mass is 10.1. The van der Waals surface area contributed by atoms with Crippen molar-refractivity contribution in [3.8, 4) is 23.1 Å². The highest BCUT2D eigenvalue weighted by Crippen LogP contribution is 2.35. The van der Waals surface area contributed by atoms with Crippen molar-refractivity contribution < 1.29 is 19.3 Å². The molecule has 3 aromatic rings. The van der Waals surface area contributed by atoms with E-state index in [9.17, 15) is 9.90 Å². The summed E-state index contributed by atoms with van der Waals surface area (Å²) < 4.78 is 16.2. The number of fused-ring (bicyclic) bond motifs is 1. The van der Waals surface area contributed by atoms with Crippen LogP contribution in [0.25, 0.3) is 6.08 Å². The molecular formula is C20H17N3O5S. The maximum absolute atomic E-state index is 11.4. The fraction of sp³-hybridized carbons (Fsp3) is 0.150. The van der Waals surface area contributed by atoms with E-state index >= 15 is 0 Å². The Balaban J connectivity index is 1.79. The van der Waals surface area contributed by atoms with Gasteiger partial charge in [-0.2, -0.15) is 0 Å². The number of aromatic nitrogens is 1. The number of rotatable bonds is 5. The number of H-pyrrole nitrogens is 1. The van der Waals surface area contributed by atoms with Crippen molar-refractivity contribution in [1.29, 1.82) is 0 Å². The number of aliphatic imine (C=N–C) groups is 1. The van der Waals surface area contributed by atoms with Crippen LogP contribution in [-0.2, 0) is 0 Å². The van der Waals surface area contributed by atoms with Crippen LogP contribution in [0.1, 0.15) is 10.4 Å². The van der Waals surface area contributed by atoms with Gasteiger partial charge in [0.2, 0.25) is 5.88 Å². The quantitative estimate of drug-likeness (QED) is 0.665. The number of ether oxygens (including phenoxy) is 3. The number of aromatic amines is 1. The first-order valence-corrected chi connectivity index (χ1v) is 9.35. The molecule has 0 spiro atoms. The lowest BCUT2D eigenvalue weighted by molar-refractivity contribution is 0.349. The molecule has 0 aliphatic carbocycles. The molecule has 1 aliphatic heterocycles.